The number of carboxylic acid groups (broad SMARTS) is 1. The van der Waals surface area contributed by atoms with Crippen LogP contribution in [0.3, 0.4) is 0 Å². The molecule has 0 radical (unpaired) electrons. The van der Waals surface area contributed by atoms with Gasteiger partial charge in [-0.25, -0.2) is 4.79 Å². The van der Waals surface area contributed by atoms with Crippen LogP contribution >= 0.6 is 0 Å². The Balaban J connectivity index is 1.90. The van der Waals surface area contributed by atoms with Gasteiger partial charge in [-0.1, -0.05) is 0 Å². The zero-order valence-corrected chi connectivity index (χ0v) is 12.6. The number of carbonyl (C=O) groups is 1. The van der Waals surface area contributed by atoms with Gasteiger partial charge in [-0.05, 0) is 18.2 Å². The van der Waals surface area contributed by atoms with Crippen LogP contribution < -0.4 is 10.6 Å². The topological polar surface area (TPSA) is 99.3 Å². The van der Waals surface area contributed by atoms with E-state index in [9.17, 15) is 9.90 Å². The largest absolute Gasteiger partial charge is 0.478 e. The van der Waals surface area contributed by atoms with Crippen molar-refractivity contribution in [2.75, 3.05) is 63.2 Å². The molecule has 1 saturated heterocycles. The number of hydrogen-bond donors (Lipinski definition) is 3. The molecule has 22 heavy (non-hydrogen) atoms. The maximum absolute atomic E-state index is 11.4. The molecule has 2 rings (SSSR count). The molecule has 1 fully saturated rings. The molecule has 7 heteroatoms. The summed E-state index contributed by atoms with van der Waals surface area (Å²) >= 11 is 0. The Kier molecular flexibility index (Phi) is 6.00. The van der Waals surface area contributed by atoms with Crippen molar-refractivity contribution in [3.63, 3.8) is 0 Å². The van der Waals surface area contributed by atoms with Crippen LogP contribution in [0.4, 0.5) is 11.4 Å². The van der Waals surface area contributed by atoms with Gasteiger partial charge in [0.25, 0.3) is 0 Å². The molecule has 0 atom stereocenters. The normalized spacial score (nSPS) is 16.0. The average molecular weight is 309 g/mol. The van der Waals surface area contributed by atoms with E-state index in [0.717, 1.165) is 38.4 Å². The Labute approximate surface area is 129 Å². The average Bonchev–Trinajstić information content (AvgIpc) is 2.52. The van der Waals surface area contributed by atoms with Crippen molar-refractivity contribution in [2.45, 2.75) is 0 Å². The Bertz CT molecular complexity index is 502. The minimum Gasteiger partial charge on any atom is -0.478 e. The monoisotopic (exact) mass is 309 g/mol. The molecule has 0 saturated carbocycles. The van der Waals surface area contributed by atoms with E-state index < -0.39 is 5.97 Å². The van der Waals surface area contributed by atoms with E-state index in [0.29, 0.717) is 18.9 Å². The number of anilines is 2. The summed E-state index contributed by atoms with van der Waals surface area (Å²) in [4.78, 5) is 15.7. The summed E-state index contributed by atoms with van der Waals surface area (Å²) in [6, 6.07) is 5.02. The Morgan fingerprint density at radius 3 is 2.59 bits per heavy atom. The fraction of sp³-hybridized carbons (Fsp3) is 0.533. The van der Waals surface area contributed by atoms with Crippen molar-refractivity contribution in [3.8, 4) is 0 Å². The highest BCUT2D eigenvalue weighted by molar-refractivity contribution is 5.95. The molecule has 1 aliphatic heterocycles. The zero-order chi connectivity index (χ0) is 15.9. The minimum absolute atomic E-state index is 0.0445. The number of hydrogen-bond acceptors (Lipinski definition) is 6. The predicted octanol–water partition coefficient (Wildman–Crippen LogP) is 0.0979. The van der Waals surface area contributed by atoms with Gasteiger partial charge in [-0.2, -0.15) is 0 Å². The van der Waals surface area contributed by atoms with Gasteiger partial charge in [0, 0.05) is 38.4 Å². The molecule has 0 spiro atoms. The molecule has 1 aromatic rings. The lowest BCUT2D eigenvalue weighted by atomic mass is 10.1. The van der Waals surface area contributed by atoms with Crippen LogP contribution in [0.2, 0.25) is 0 Å². The van der Waals surface area contributed by atoms with Crippen molar-refractivity contribution in [1.82, 2.24) is 4.90 Å². The molecule has 1 aliphatic rings. The highest BCUT2D eigenvalue weighted by Gasteiger charge is 2.21. The van der Waals surface area contributed by atoms with Gasteiger partial charge >= 0.3 is 5.97 Å². The van der Waals surface area contributed by atoms with Gasteiger partial charge in [0.2, 0.25) is 0 Å². The minimum atomic E-state index is -0.956. The second-order valence-electron chi connectivity index (χ2n) is 5.25. The van der Waals surface area contributed by atoms with Crippen LogP contribution in [0.5, 0.6) is 0 Å². The van der Waals surface area contributed by atoms with E-state index in [-0.39, 0.29) is 12.2 Å². The number of nitrogen functional groups attached to an aromatic ring is 1. The molecule has 7 nitrogen and oxygen atoms in total. The first-order valence-electron chi connectivity index (χ1n) is 7.40. The van der Waals surface area contributed by atoms with Gasteiger partial charge in [0.1, 0.15) is 0 Å². The first-order chi connectivity index (χ1) is 10.6. The third-order valence-corrected chi connectivity index (χ3v) is 3.75. The number of aromatic carboxylic acids is 1. The number of nitrogens with zero attached hydrogens (tertiary/aromatic N) is 2. The Morgan fingerprint density at radius 1 is 1.23 bits per heavy atom. The first-order valence-corrected chi connectivity index (χ1v) is 7.40. The first kappa shape index (κ1) is 16.5. The van der Waals surface area contributed by atoms with Crippen molar-refractivity contribution in [3.05, 3.63) is 23.8 Å². The van der Waals surface area contributed by atoms with Gasteiger partial charge in [-0.3, -0.25) is 4.90 Å². The van der Waals surface area contributed by atoms with Crippen LogP contribution in [0.15, 0.2) is 18.2 Å². The van der Waals surface area contributed by atoms with Crippen molar-refractivity contribution in [1.29, 1.82) is 0 Å². The van der Waals surface area contributed by atoms with Crippen LogP contribution in [0, 0.1) is 0 Å². The summed E-state index contributed by atoms with van der Waals surface area (Å²) in [6.07, 6.45) is 0. The van der Waals surface area contributed by atoms with E-state index in [4.69, 9.17) is 15.6 Å². The molecule has 4 N–H and O–H groups in total. The predicted molar refractivity (Wildman–Crippen MR) is 84.4 cm³/mol. The van der Waals surface area contributed by atoms with Crippen LogP contribution in [-0.4, -0.2) is 73.6 Å². The molecule has 0 aromatic heterocycles. The van der Waals surface area contributed by atoms with E-state index in [2.05, 4.69) is 9.80 Å². The van der Waals surface area contributed by atoms with E-state index >= 15 is 0 Å². The van der Waals surface area contributed by atoms with E-state index in [1.165, 1.54) is 6.07 Å². The van der Waals surface area contributed by atoms with Gasteiger partial charge < -0.3 is 25.6 Å². The quantitative estimate of drug-likeness (QED) is 0.485. The number of aliphatic hydroxyl groups is 1. The molecular formula is C15H23N3O4. The molecule has 1 aromatic carbocycles. The molecule has 122 valence electrons. The number of carboxylic acids is 1. The SMILES string of the molecule is Nc1ccc(N2CCN(CCOCCO)CC2)c(C(=O)O)c1. The lowest BCUT2D eigenvalue weighted by molar-refractivity contribution is 0.0695. The van der Waals surface area contributed by atoms with Crippen LogP contribution in [-0.2, 0) is 4.74 Å². The molecule has 0 unspecified atom stereocenters. The highest BCUT2D eigenvalue weighted by Crippen LogP contribution is 2.24. The zero-order valence-electron chi connectivity index (χ0n) is 12.6. The molecule has 0 bridgehead atoms. The van der Waals surface area contributed by atoms with Crippen molar-refractivity contribution >= 4 is 17.3 Å². The third kappa shape index (κ3) is 4.33. The number of ether oxygens (including phenoxy) is 1. The summed E-state index contributed by atoms with van der Waals surface area (Å²) in [7, 11) is 0. The van der Waals surface area contributed by atoms with Crippen molar-refractivity contribution < 1.29 is 19.7 Å². The maximum Gasteiger partial charge on any atom is 0.337 e. The highest BCUT2D eigenvalue weighted by atomic mass is 16.5. The summed E-state index contributed by atoms with van der Waals surface area (Å²) in [5, 5.41) is 18.0. The van der Waals surface area contributed by atoms with E-state index in [1.54, 1.807) is 12.1 Å². The number of benzene rings is 1. The number of nitrogens with two attached hydrogens (primary N) is 1. The molecule has 0 aliphatic carbocycles. The standard InChI is InChI=1S/C15H23N3O4/c16-12-1-2-14(13(11-12)15(20)21)18-5-3-17(4-6-18)7-9-22-10-8-19/h1-2,11,19H,3-10,16H2,(H,20,21). The number of piperazine rings is 1. The maximum atomic E-state index is 11.4. The fourth-order valence-corrected chi connectivity index (χ4v) is 2.57. The molecule has 1 heterocycles. The number of aliphatic hydroxyl groups excluding tert-OH is 1. The van der Waals surface area contributed by atoms with Crippen molar-refractivity contribution in [2.24, 2.45) is 0 Å². The van der Waals surface area contributed by atoms with E-state index in [1.807, 2.05) is 0 Å². The smallest absolute Gasteiger partial charge is 0.337 e. The second kappa shape index (κ2) is 7.98. The second-order valence-corrected chi connectivity index (χ2v) is 5.25. The lowest BCUT2D eigenvalue weighted by Gasteiger charge is -2.36. The molecular weight excluding hydrogens is 286 g/mol. The summed E-state index contributed by atoms with van der Waals surface area (Å²) in [6.45, 7) is 5.08. The number of rotatable bonds is 7. The summed E-state index contributed by atoms with van der Waals surface area (Å²) < 4.78 is 5.26. The lowest BCUT2D eigenvalue weighted by Crippen LogP contribution is -2.47. The summed E-state index contributed by atoms with van der Waals surface area (Å²) in [5.74, 6) is -0.956. The fourth-order valence-electron chi connectivity index (χ4n) is 2.57. The van der Waals surface area contributed by atoms with Gasteiger partial charge in [0.15, 0.2) is 0 Å². The molecule has 0 amide bonds. The Hall–Kier alpha value is -1.83. The van der Waals surface area contributed by atoms with Gasteiger partial charge in [0.05, 0.1) is 31.1 Å². The van der Waals surface area contributed by atoms with Gasteiger partial charge in [-0.15, -0.1) is 0 Å². The Morgan fingerprint density at radius 2 is 1.95 bits per heavy atom. The van der Waals surface area contributed by atoms with Crippen LogP contribution in [0.1, 0.15) is 10.4 Å². The third-order valence-electron chi connectivity index (χ3n) is 3.75. The van der Waals surface area contributed by atoms with Crippen LogP contribution in [0.25, 0.3) is 0 Å². The summed E-state index contributed by atoms with van der Waals surface area (Å²) in [5.41, 5.74) is 7.10.